The van der Waals surface area contributed by atoms with Crippen molar-refractivity contribution in [2.75, 3.05) is 12.5 Å². The van der Waals surface area contributed by atoms with Gasteiger partial charge in [0.1, 0.15) is 0 Å². The molecule has 130 valence electrons. The van der Waals surface area contributed by atoms with Crippen LogP contribution >= 0.6 is 11.3 Å². The average molecular weight is 355 g/mol. The summed E-state index contributed by atoms with van der Waals surface area (Å²) in [6.45, 7) is 4.13. The molecule has 0 unspecified atom stereocenters. The van der Waals surface area contributed by atoms with E-state index in [-0.39, 0.29) is 6.10 Å². The molecule has 6 heteroatoms. The van der Waals surface area contributed by atoms with E-state index < -0.39 is 0 Å². The monoisotopic (exact) mass is 355 g/mol. The standard InChI is InChI=1S/C19H21N3O2S/c1-4-13(2)24-16-10-9-14(11-17(16)23-3)12-20-22-19-21-15-7-5-6-8-18(15)25-19/h5-13H,4H2,1-3H3,(H,21,22)/b20-12-/t13-/m0/s1. The quantitative estimate of drug-likeness (QED) is 0.482. The third-order valence-electron chi connectivity index (χ3n) is 3.76. The van der Waals surface area contributed by atoms with Crippen molar-refractivity contribution in [3.05, 3.63) is 48.0 Å². The third kappa shape index (κ3) is 4.28. The maximum absolute atomic E-state index is 5.85. The predicted molar refractivity (Wildman–Crippen MR) is 104 cm³/mol. The summed E-state index contributed by atoms with van der Waals surface area (Å²) in [7, 11) is 1.64. The van der Waals surface area contributed by atoms with Crippen molar-refractivity contribution in [3.63, 3.8) is 0 Å². The number of aromatic nitrogens is 1. The molecule has 1 N–H and O–H groups in total. The molecular formula is C19H21N3O2S. The summed E-state index contributed by atoms with van der Waals surface area (Å²) in [5.41, 5.74) is 4.87. The van der Waals surface area contributed by atoms with E-state index >= 15 is 0 Å². The molecule has 0 amide bonds. The van der Waals surface area contributed by atoms with E-state index in [4.69, 9.17) is 9.47 Å². The summed E-state index contributed by atoms with van der Waals surface area (Å²) in [6.07, 6.45) is 2.83. The highest BCUT2D eigenvalue weighted by molar-refractivity contribution is 7.22. The first kappa shape index (κ1) is 17.2. The number of nitrogens with zero attached hydrogens (tertiary/aromatic N) is 2. The summed E-state index contributed by atoms with van der Waals surface area (Å²) >= 11 is 1.57. The van der Waals surface area contributed by atoms with Gasteiger partial charge in [-0.15, -0.1) is 0 Å². The smallest absolute Gasteiger partial charge is 0.204 e. The fraction of sp³-hybridized carbons (Fsp3) is 0.263. The minimum atomic E-state index is 0.147. The maximum Gasteiger partial charge on any atom is 0.204 e. The molecule has 25 heavy (non-hydrogen) atoms. The molecule has 3 rings (SSSR count). The average Bonchev–Trinajstić information content (AvgIpc) is 3.05. The Kier molecular flexibility index (Phi) is 5.50. The summed E-state index contributed by atoms with van der Waals surface area (Å²) in [5.74, 6) is 1.44. The Hall–Kier alpha value is -2.60. The molecule has 0 fully saturated rings. The van der Waals surface area contributed by atoms with Gasteiger partial charge in [0.2, 0.25) is 5.13 Å². The van der Waals surface area contributed by atoms with Gasteiger partial charge in [0.05, 0.1) is 29.6 Å². The molecule has 0 radical (unpaired) electrons. The fourth-order valence-corrected chi connectivity index (χ4v) is 3.06. The molecule has 0 saturated heterocycles. The number of hydrogen-bond acceptors (Lipinski definition) is 6. The van der Waals surface area contributed by atoms with Gasteiger partial charge in [-0.05, 0) is 49.2 Å². The number of ether oxygens (including phenoxy) is 2. The number of nitrogens with one attached hydrogen (secondary N) is 1. The Labute approximate surface area is 151 Å². The molecule has 1 aromatic heterocycles. The van der Waals surface area contributed by atoms with Crippen LogP contribution in [0, 0.1) is 0 Å². The summed E-state index contributed by atoms with van der Waals surface area (Å²) in [4.78, 5) is 4.48. The van der Waals surface area contributed by atoms with Crippen molar-refractivity contribution < 1.29 is 9.47 Å². The normalized spacial score (nSPS) is 12.4. The van der Waals surface area contributed by atoms with Gasteiger partial charge >= 0.3 is 0 Å². The van der Waals surface area contributed by atoms with Gasteiger partial charge in [0.15, 0.2) is 11.5 Å². The summed E-state index contributed by atoms with van der Waals surface area (Å²) < 4.78 is 12.4. The Morgan fingerprint density at radius 2 is 2.08 bits per heavy atom. The Bertz CT molecular complexity index is 843. The number of hydrogen-bond donors (Lipinski definition) is 1. The van der Waals surface area contributed by atoms with E-state index in [1.54, 1.807) is 24.7 Å². The van der Waals surface area contributed by atoms with E-state index in [2.05, 4.69) is 22.4 Å². The van der Waals surface area contributed by atoms with Crippen molar-refractivity contribution in [1.29, 1.82) is 0 Å². The second-order valence-electron chi connectivity index (χ2n) is 5.60. The summed E-state index contributed by atoms with van der Waals surface area (Å²) in [5, 5.41) is 5.03. The zero-order chi connectivity index (χ0) is 17.6. The third-order valence-corrected chi connectivity index (χ3v) is 4.70. The van der Waals surface area contributed by atoms with Crippen LogP contribution in [-0.4, -0.2) is 24.4 Å². The van der Waals surface area contributed by atoms with Crippen LogP contribution in [-0.2, 0) is 0 Å². The second-order valence-corrected chi connectivity index (χ2v) is 6.63. The molecule has 0 aliphatic carbocycles. The lowest BCUT2D eigenvalue weighted by molar-refractivity contribution is 0.207. The van der Waals surface area contributed by atoms with Crippen molar-refractivity contribution in [2.24, 2.45) is 5.10 Å². The largest absolute Gasteiger partial charge is 0.493 e. The van der Waals surface area contributed by atoms with E-state index in [0.717, 1.165) is 33.1 Å². The highest BCUT2D eigenvalue weighted by atomic mass is 32.1. The molecule has 0 bridgehead atoms. The van der Waals surface area contributed by atoms with E-state index in [9.17, 15) is 0 Å². The zero-order valence-electron chi connectivity index (χ0n) is 14.5. The van der Waals surface area contributed by atoms with Gasteiger partial charge < -0.3 is 9.47 Å². The van der Waals surface area contributed by atoms with Gasteiger partial charge in [0.25, 0.3) is 0 Å². The lowest BCUT2D eigenvalue weighted by Gasteiger charge is -2.15. The van der Waals surface area contributed by atoms with Gasteiger partial charge in [-0.2, -0.15) is 5.10 Å². The van der Waals surface area contributed by atoms with Crippen LogP contribution < -0.4 is 14.9 Å². The number of benzene rings is 2. The molecular weight excluding hydrogens is 334 g/mol. The van der Waals surface area contributed by atoms with Crippen molar-refractivity contribution >= 4 is 32.9 Å². The first-order valence-corrected chi connectivity index (χ1v) is 9.00. The highest BCUT2D eigenvalue weighted by Crippen LogP contribution is 2.29. The van der Waals surface area contributed by atoms with Crippen molar-refractivity contribution in [2.45, 2.75) is 26.4 Å². The number of thiazole rings is 1. The molecule has 0 aliphatic rings. The molecule has 1 heterocycles. The van der Waals surface area contributed by atoms with E-state index in [0.29, 0.717) is 5.75 Å². The van der Waals surface area contributed by atoms with Crippen LogP contribution in [0.2, 0.25) is 0 Å². The van der Waals surface area contributed by atoms with Gasteiger partial charge in [0, 0.05) is 0 Å². The number of anilines is 1. The fourth-order valence-electron chi connectivity index (χ4n) is 2.24. The van der Waals surface area contributed by atoms with Crippen molar-refractivity contribution in [1.82, 2.24) is 4.98 Å². The molecule has 0 spiro atoms. The lowest BCUT2D eigenvalue weighted by atomic mass is 10.2. The minimum absolute atomic E-state index is 0.147. The maximum atomic E-state index is 5.85. The first-order chi connectivity index (χ1) is 12.2. The highest BCUT2D eigenvalue weighted by Gasteiger charge is 2.08. The van der Waals surface area contributed by atoms with Gasteiger partial charge in [-0.3, -0.25) is 5.43 Å². The van der Waals surface area contributed by atoms with Crippen LogP contribution in [0.3, 0.4) is 0 Å². The molecule has 2 aromatic carbocycles. The number of para-hydroxylation sites is 1. The van der Waals surface area contributed by atoms with Crippen molar-refractivity contribution in [3.8, 4) is 11.5 Å². The molecule has 0 saturated carbocycles. The lowest BCUT2D eigenvalue weighted by Crippen LogP contribution is -2.10. The Balaban J connectivity index is 1.70. The molecule has 0 aliphatic heterocycles. The van der Waals surface area contributed by atoms with Gasteiger partial charge in [-0.1, -0.05) is 30.4 Å². The summed E-state index contributed by atoms with van der Waals surface area (Å²) in [6, 6.07) is 13.8. The number of fused-ring (bicyclic) bond motifs is 1. The number of rotatable bonds is 7. The minimum Gasteiger partial charge on any atom is -0.493 e. The van der Waals surface area contributed by atoms with Crippen LogP contribution in [0.4, 0.5) is 5.13 Å². The van der Waals surface area contributed by atoms with Crippen LogP contribution in [0.1, 0.15) is 25.8 Å². The van der Waals surface area contributed by atoms with Crippen LogP contribution in [0.5, 0.6) is 11.5 Å². The number of hydrazone groups is 1. The molecule has 5 nitrogen and oxygen atoms in total. The number of methoxy groups -OCH3 is 1. The second kappa shape index (κ2) is 7.98. The molecule has 1 atom stereocenters. The topological polar surface area (TPSA) is 55.7 Å². The van der Waals surface area contributed by atoms with Gasteiger partial charge in [-0.25, -0.2) is 4.98 Å². The van der Waals surface area contributed by atoms with E-state index in [1.165, 1.54) is 0 Å². The zero-order valence-corrected chi connectivity index (χ0v) is 15.3. The predicted octanol–water partition coefficient (Wildman–Crippen LogP) is 4.93. The SMILES string of the molecule is CC[C@H](C)Oc1ccc(/C=N\Nc2nc3ccccc3s2)cc1OC. The van der Waals surface area contributed by atoms with Crippen LogP contribution in [0.25, 0.3) is 10.2 Å². The van der Waals surface area contributed by atoms with Crippen LogP contribution in [0.15, 0.2) is 47.6 Å². The Morgan fingerprint density at radius 3 is 2.84 bits per heavy atom. The van der Waals surface area contributed by atoms with E-state index in [1.807, 2.05) is 49.4 Å². The molecule has 3 aromatic rings. The first-order valence-electron chi connectivity index (χ1n) is 8.19. The Morgan fingerprint density at radius 1 is 1.24 bits per heavy atom.